The Kier molecular flexibility index (Phi) is 6.61. The number of nitrogens with zero attached hydrogens (tertiary/aromatic N) is 2. The van der Waals surface area contributed by atoms with E-state index in [4.69, 9.17) is 10.2 Å². The van der Waals surface area contributed by atoms with Crippen LogP contribution in [0.3, 0.4) is 0 Å². The van der Waals surface area contributed by atoms with Gasteiger partial charge in [0, 0.05) is 38.6 Å². The molecular weight excluding hydrogens is 342 g/mol. The third-order valence-corrected chi connectivity index (χ3v) is 4.31. The second-order valence-corrected chi connectivity index (χ2v) is 5.91. The molecule has 2 N–H and O–H groups in total. The molecule has 7 heteroatoms. The molecule has 1 aliphatic heterocycles. The fourth-order valence-corrected chi connectivity index (χ4v) is 2.86. The van der Waals surface area contributed by atoms with Crippen LogP contribution in [0.4, 0.5) is 0 Å². The standard InChI is InChI=1S/C18H21N3O3.ClH/c19-16(14-4-2-1-3-5-14)12-17(22)20-7-9-21(10-8-20)18(23)15-6-11-24-13-15;/h1-6,11,13,16H,7-10,12,19H2;1H. The van der Waals surface area contributed by atoms with Crippen molar-refractivity contribution >= 4 is 24.2 Å². The summed E-state index contributed by atoms with van der Waals surface area (Å²) in [4.78, 5) is 28.2. The minimum absolute atomic E-state index is 0. The van der Waals surface area contributed by atoms with Gasteiger partial charge in [0.15, 0.2) is 0 Å². The first kappa shape index (κ1) is 19.0. The van der Waals surface area contributed by atoms with Crippen LogP contribution in [0, 0.1) is 0 Å². The minimum atomic E-state index is -0.302. The number of carbonyl (C=O) groups excluding carboxylic acids is 2. The molecule has 0 spiro atoms. The first-order chi connectivity index (χ1) is 11.6. The molecule has 25 heavy (non-hydrogen) atoms. The van der Waals surface area contributed by atoms with Crippen LogP contribution in [-0.2, 0) is 4.79 Å². The molecule has 2 aromatic rings. The topological polar surface area (TPSA) is 79.8 Å². The van der Waals surface area contributed by atoms with E-state index in [0.29, 0.717) is 31.7 Å². The summed E-state index contributed by atoms with van der Waals surface area (Å²) in [5.41, 5.74) is 7.62. The largest absolute Gasteiger partial charge is 0.472 e. The molecule has 1 aromatic carbocycles. The van der Waals surface area contributed by atoms with Crippen LogP contribution in [0.15, 0.2) is 53.3 Å². The summed E-state index contributed by atoms with van der Waals surface area (Å²) in [6.45, 7) is 2.11. The summed E-state index contributed by atoms with van der Waals surface area (Å²) in [5, 5.41) is 0. The molecule has 2 amide bonds. The Labute approximate surface area is 153 Å². The summed E-state index contributed by atoms with van der Waals surface area (Å²) < 4.78 is 4.95. The van der Waals surface area contributed by atoms with Crippen molar-refractivity contribution in [3.05, 3.63) is 60.1 Å². The number of nitrogens with two attached hydrogens (primary N) is 1. The second kappa shape index (κ2) is 8.69. The van der Waals surface area contributed by atoms with E-state index in [2.05, 4.69) is 0 Å². The fourth-order valence-electron chi connectivity index (χ4n) is 2.86. The highest BCUT2D eigenvalue weighted by molar-refractivity contribution is 5.94. The van der Waals surface area contributed by atoms with Gasteiger partial charge < -0.3 is 20.0 Å². The Bertz CT molecular complexity index is 683. The summed E-state index contributed by atoms with van der Waals surface area (Å²) in [6.07, 6.45) is 3.20. The zero-order valence-electron chi connectivity index (χ0n) is 13.8. The number of amides is 2. The zero-order valence-corrected chi connectivity index (χ0v) is 14.7. The summed E-state index contributed by atoms with van der Waals surface area (Å²) >= 11 is 0. The predicted molar refractivity (Wildman–Crippen MR) is 96.4 cm³/mol. The van der Waals surface area contributed by atoms with Crippen molar-refractivity contribution in [1.82, 2.24) is 9.80 Å². The van der Waals surface area contributed by atoms with Crippen LogP contribution in [0.1, 0.15) is 28.4 Å². The van der Waals surface area contributed by atoms with Crippen LogP contribution in [0.5, 0.6) is 0 Å². The van der Waals surface area contributed by atoms with Gasteiger partial charge >= 0.3 is 0 Å². The Morgan fingerprint density at radius 1 is 1.04 bits per heavy atom. The molecule has 1 unspecified atom stereocenters. The van der Waals surface area contributed by atoms with Crippen molar-refractivity contribution < 1.29 is 14.0 Å². The van der Waals surface area contributed by atoms with E-state index in [1.165, 1.54) is 12.5 Å². The van der Waals surface area contributed by atoms with Crippen molar-refractivity contribution in [1.29, 1.82) is 0 Å². The first-order valence-corrected chi connectivity index (χ1v) is 8.05. The van der Waals surface area contributed by atoms with E-state index >= 15 is 0 Å². The third kappa shape index (κ3) is 4.61. The second-order valence-electron chi connectivity index (χ2n) is 5.91. The van der Waals surface area contributed by atoms with Gasteiger partial charge in [0.05, 0.1) is 11.8 Å². The quantitative estimate of drug-likeness (QED) is 0.901. The fraction of sp³-hybridized carbons (Fsp3) is 0.333. The highest BCUT2D eigenvalue weighted by Gasteiger charge is 2.26. The van der Waals surface area contributed by atoms with Crippen LogP contribution >= 0.6 is 12.4 Å². The van der Waals surface area contributed by atoms with Crippen LogP contribution in [0.2, 0.25) is 0 Å². The lowest BCUT2D eigenvalue weighted by Crippen LogP contribution is -2.50. The van der Waals surface area contributed by atoms with Crippen LogP contribution in [-0.4, -0.2) is 47.8 Å². The van der Waals surface area contributed by atoms with Gasteiger partial charge in [-0.25, -0.2) is 0 Å². The molecule has 0 bridgehead atoms. The van der Waals surface area contributed by atoms with Crippen molar-refractivity contribution in [3.8, 4) is 0 Å². The Balaban J connectivity index is 0.00000225. The SMILES string of the molecule is Cl.NC(CC(=O)N1CCN(C(=O)c2ccoc2)CC1)c1ccccc1. The first-order valence-electron chi connectivity index (χ1n) is 8.05. The number of carbonyl (C=O) groups is 2. The number of piperazine rings is 1. The van der Waals surface area contributed by atoms with Gasteiger partial charge in [0.1, 0.15) is 6.26 Å². The van der Waals surface area contributed by atoms with Crippen molar-refractivity contribution in [2.24, 2.45) is 5.73 Å². The van der Waals surface area contributed by atoms with Crippen LogP contribution < -0.4 is 5.73 Å². The molecule has 0 saturated carbocycles. The molecule has 0 radical (unpaired) electrons. The summed E-state index contributed by atoms with van der Waals surface area (Å²) in [5.74, 6) is -0.0291. The van der Waals surface area contributed by atoms with E-state index in [1.807, 2.05) is 30.3 Å². The molecule has 134 valence electrons. The number of hydrogen-bond acceptors (Lipinski definition) is 4. The molecule has 1 aromatic heterocycles. The van der Waals surface area contributed by atoms with Crippen molar-refractivity contribution in [3.63, 3.8) is 0 Å². The van der Waals surface area contributed by atoms with E-state index in [1.54, 1.807) is 15.9 Å². The third-order valence-electron chi connectivity index (χ3n) is 4.31. The van der Waals surface area contributed by atoms with Gasteiger partial charge in [0.25, 0.3) is 5.91 Å². The average molecular weight is 364 g/mol. The van der Waals surface area contributed by atoms with Crippen molar-refractivity contribution in [2.75, 3.05) is 26.2 Å². The Morgan fingerprint density at radius 3 is 2.28 bits per heavy atom. The average Bonchev–Trinajstić information content (AvgIpc) is 3.16. The lowest BCUT2D eigenvalue weighted by molar-refractivity contribution is -0.133. The molecule has 6 nitrogen and oxygen atoms in total. The monoisotopic (exact) mass is 363 g/mol. The van der Waals surface area contributed by atoms with E-state index < -0.39 is 0 Å². The summed E-state index contributed by atoms with van der Waals surface area (Å²) in [6, 6.07) is 11.0. The smallest absolute Gasteiger partial charge is 0.257 e. The number of hydrogen-bond donors (Lipinski definition) is 1. The molecular formula is C18H22ClN3O3. The van der Waals surface area contributed by atoms with E-state index in [-0.39, 0.29) is 36.7 Å². The van der Waals surface area contributed by atoms with E-state index in [9.17, 15) is 9.59 Å². The van der Waals surface area contributed by atoms with Crippen molar-refractivity contribution in [2.45, 2.75) is 12.5 Å². The maximum Gasteiger partial charge on any atom is 0.257 e. The maximum absolute atomic E-state index is 12.4. The van der Waals surface area contributed by atoms with Gasteiger partial charge in [0.2, 0.25) is 5.91 Å². The summed E-state index contributed by atoms with van der Waals surface area (Å²) in [7, 11) is 0. The number of furan rings is 1. The molecule has 1 fully saturated rings. The Morgan fingerprint density at radius 2 is 1.68 bits per heavy atom. The normalized spacial score (nSPS) is 15.4. The molecule has 0 aliphatic carbocycles. The molecule has 2 heterocycles. The van der Waals surface area contributed by atoms with Gasteiger partial charge in [-0.05, 0) is 11.6 Å². The van der Waals surface area contributed by atoms with Crippen LogP contribution in [0.25, 0.3) is 0 Å². The molecule has 3 rings (SSSR count). The zero-order chi connectivity index (χ0) is 16.9. The van der Waals surface area contributed by atoms with Gasteiger partial charge in [-0.15, -0.1) is 12.4 Å². The van der Waals surface area contributed by atoms with E-state index in [0.717, 1.165) is 5.56 Å². The minimum Gasteiger partial charge on any atom is -0.472 e. The van der Waals surface area contributed by atoms with Gasteiger partial charge in [-0.2, -0.15) is 0 Å². The lowest BCUT2D eigenvalue weighted by Gasteiger charge is -2.35. The molecule has 1 aliphatic rings. The highest BCUT2D eigenvalue weighted by Crippen LogP contribution is 2.16. The number of halogens is 1. The van der Waals surface area contributed by atoms with Gasteiger partial charge in [-0.1, -0.05) is 30.3 Å². The Hall–Kier alpha value is -2.31. The van der Waals surface area contributed by atoms with Gasteiger partial charge in [-0.3, -0.25) is 9.59 Å². The number of rotatable bonds is 4. The maximum atomic E-state index is 12.4. The highest BCUT2D eigenvalue weighted by atomic mass is 35.5. The number of benzene rings is 1. The predicted octanol–water partition coefficient (Wildman–Crippen LogP) is 2.08. The molecule has 1 saturated heterocycles. The molecule has 1 atom stereocenters. The lowest BCUT2D eigenvalue weighted by atomic mass is 10.0.